The van der Waals surface area contributed by atoms with Gasteiger partial charge in [-0.15, -0.1) is 0 Å². The number of carbonyl (C=O) groups excluding carboxylic acids is 1. The molecule has 0 amide bonds. The number of anilines is 2. The summed E-state index contributed by atoms with van der Waals surface area (Å²) in [5, 5.41) is 11.5. The Bertz CT molecular complexity index is 1810. The molecule has 3 aromatic carbocycles. The SMILES string of the molecule is CC1(C)[C@H](C(=O)OC(C#N)c2cccc(Oc3ccccc3)c2)[C@@H]1/C=C(\Cl)C(F)(F)F.Cc1cc(C2CC2)nc(Nc2ccccc2)n1. The van der Waals surface area contributed by atoms with Crippen LogP contribution in [0.15, 0.2) is 102 Å². The van der Waals surface area contributed by atoms with Crippen LogP contribution in [0.4, 0.5) is 24.8 Å². The zero-order chi connectivity index (χ0) is 34.5. The summed E-state index contributed by atoms with van der Waals surface area (Å²) < 4.78 is 49.2. The zero-order valence-corrected chi connectivity index (χ0v) is 27.3. The molecule has 0 saturated heterocycles. The maximum Gasteiger partial charge on any atom is 0.426 e. The van der Waals surface area contributed by atoms with Gasteiger partial charge >= 0.3 is 12.1 Å². The van der Waals surface area contributed by atoms with Gasteiger partial charge in [0.2, 0.25) is 12.1 Å². The number of aromatic nitrogens is 2. The van der Waals surface area contributed by atoms with Gasteiger partial charge < -0.3 is 14.8 Å². The summed E-state index contributed by atoms with van der Waals surface area (Å²) >= 11 is 5.32. The van der Waals surface area contributed by atoms with E-state index in [2.05, 4.69) is 21.4 Å². The van der Waals surface area contributed by atoms with Gasteiger partial charge in [0.05, 0.1) is 5.92 Å². The molecule has 1 unspecified atom stereocenters. The van der Waals surface area contributed by atoms with Crippen LogP contribution in [-0.4, -0.2) is 22.1 Å². The number of ether oxygens (including phenoxy) is 2. The molecule has 0 bridgehead atoms. The third-order valence-corrected chi connectivity index (χ3v) is 8.49. The Morgan fingerprint density at radius 1 is 1.00 bits per heavy atom. The summed E-state index contributed by atoms with van der Waals surface area (Å²) in [6.07, 6.45) is -2.54. The highest BCUT2D eigenvalue weighted by atomic mass is 35.5. The Morgan fingerprint density at radius 2 is 1.65 bits per heavy atom. The molecular weight excluding hydrogens is 641 g/mol. The molecule has 2 aliphatic carbocycles. The van der Waals surface area contributed by atoms with Crippen molar-refractivity contribution in [1.29, 1.82) is 5.26 Å². The largest absolute Gasteiger partial charge is 0.457 e. The molecule has 6 rings (SSSR count). The number of esters is 1. The lowest BCUT2D eigenvalue weighted by Crippen LogP contribution is -2.14. The van der Waals surface area contributed by atoms with E-state index in [-0.39, 0.29) is 0 Å². The number of benzene rings is 3. The minimum absolute atomic E-state index is 0.392. The van der Waals surface area contributed by atoms with Gasteiger partial charge in [-0.05, 0) is 73.6 Å². The Labute approximate surface area is 282 Å². The molecule has 248 valence electrons. The van der Waals surface area contributed by atoms with E-state index in [1.165, 1.54) is 18.5 Å². The van der Waals surface area contributed by atoms with Gasteiger partial charge in [-0.3, -0.25) is 4.79 Å². The number of hydrogen-bond donors (Lipinski definition) is 1. The number of para-hydroxylation sites is 2. The van der Waals surface area contributed by atoms with Crippen molar-refractivity contribution in [1.82, 2.24) is 9.97 Å². The van der Waals surface area contributed by atoms with E-state index in [0.29, 0.717) is 28.9 Å². The fourth-order valence-electron chi connectivity index (χ4n) is 5.30. The summed E-state index contributed by atoms with van der Waals surface area (Å²) in [5.74, 6) is 0.0972. The van der Waals surface area contributed by atoms with E-state index in [4.69, 9.17) is 21.1 Å². The third-order valence-electron chi connectivity index (χ3n) is 8.15. The first-order valence-corrected chi connectivity index (χ1v) is 15.8. The smallest absolute Gasteiger partial charge is 0.426 e. The number of nitrogens with one attached hydrogen (secondary N) is 1. The average Bonchev–Trinajstić information content (AvgIpc) is 3.97. The lowest BCUT2D eigenvalue weighted by atomic mass is 10.1. The van der Waals surface area contributed by atoms with Crippen LogP contribution in [0.5, 0.6) is 11.5 Å². The van der Waals surface area contributed by atoms with Gasteiger partial charge in [-0.25, -0.2) is 9.97 Å². The molecule has 4 aromatic rings. The van der Waals surface area contributed by atoms with Crippen LogP contribution in [0.2, 0.25) is 0 Å². The topological polar surface area (TPSA) is 97.1 Å². The number of nitrogens with zero attached hydrogens (tertiary/aromatic N) is 3. The lowest BCUT2D eigenvalue weighted by molar-refractivity contribution is -0.149. The van der Waals surface area contributed by atoms with E-state index in [9.17, 15) is 23.2 Å². The summed E-state index contributed by atoms with van der Waals surface area (Å²) in [5.41, 5.74) is 2.86. The van der Waals surface area contributed by atoms with Crippen LogP contribution >= 0.6 is 11.6 Å². The molecule has 1 N–H and O–H groups in total. The monoisotopic (exact) mass is 674 g/mol. The van der Waals surface area contributed by atoms with Crippen LogP contribution in [0.25, 0.3) is 0 Å². The Morgan fingerprint density at radius 3 is 2.27 bits per heavy atom. The Hall–Kier alpha value is -4.88. The number of halogens is 4. The van der Waals surface area contributed by atoms with Crippen molar-refractivity contribution in [2.75, 3.05) is 5.32 Å². The Balaban J connectivity index is 0.000000221. The minimum Gasteiger partial charge on any atom is -0.457 e. The number of allylic oxidation sites excluding steroid dienone is 2. The highest BCUT2D eigenvalue weighted by Crippen LogP contribution is 2.60. The van der Waals surface area contributed by atoms with E-state index < -0.39 is 40.5 Å². The number of alkyl halides is 3. The minimum atomic E-state index is -4.68. The lowest BCUT2D eigenvalue weighted by Gasteiger charge is -2.13. The second-order valence-electron chi connectivity index (χ2n) is 12.3. The predicted octanol–water partition coefficient (Wildman–Crippen LogP) is 9.95. The average molecular weight is 675 g/mol. The van der Waals surface area contributed by atoms with Crippen LogP contribution in [0.3, 0.4) is 0 Å². The van der Waals surface area contributed by atoms with Crippen molar-refractivity contribution in [2.24, 2.45) is 17.3 Å². The molecule has 1 aromatic heterocycles. The van der Waals surface area contributed by atoms with Gasteiger partial charge in [0, 0.05) is 28.6 Å². The maximum atomic E-state index is 12.7. The molecule has 0 radical (unpaired) electrons. The summed E-state index contributed by atoms with van der Waals surface area (Å²) in [4.78, 5) is 21.6. The molecule has 2 aliphatic rings. The first-order valence-electron chi connectivity index (χ1n) is 15.4. The van der Waals surface area contributed by atoms with E-state index in [1.807, 2.05) is 61.5 Å². The van der Waals surface area contributed by atoms with E-state index in [0.717, 1.165) is 17.5 Å². The normalized spacial score (nSPS) is 18.8. The summed E-state index contributed by atoms with van der Waals surface area (Å²) in [7, 11) is 0. The second kappa shape index (κ2) is 14.5. The number of hydrogen-bond acceptors (Lipinski definition) is 7. The van der Waals surface area contributed by atoms with Crippen LogP contribution < -0.4 is 10.1 Å². The second-order valence-corrected chi connectivity index (χ2v) is 12.7. The quantitative estimate of drug-likeness (QED) is 0.177. The number of rotatable bonds is 9. The van der Waals surface area contributed by atoms with E-state index >= 15 is 0 Å². The van der Waals surface area contributed by atoms with Gasteiger partial charge in [-0.2, -0.15) is 18.4 Å². The number of nitriles is 1. The molecule has 1 heterocycles. The van der Waals surface area contributed by atoms with Crippen LogP contribution in [-0.2, 0) is 9.53 Å². The maximum absolute atomic E-state index is 12.7. The van der Waals surface area contributed by atoms with Gasteiger partial charge in [0.25, 0.3) is 0 Å². The number of aryl methyl sites for hydroxylation is 1. The molecule has 2 fully saturated rings. The van der Waals surface area contributed by atoms with Crippen molar-refractivity contribution in [2.45, 2.75) is 51.8 Å². The fourth-order valence-corrected chi connectivity index (χ4v) is 5.44. The van der Waals surface area contributed by atoms with Gasteiger partial charge in [-0.1, -0.05) is 80.1 Å². The molecule has 11 heteroatoms. The summed E-state index contributed by atoms with van der Waals surface area (Å²) in [6, 6.07) is 29.6. The Kier molecular flexibility index (Phi) is 10.4. The van der Waals surface area contributed by atoms with Crippen LogP contribution in [0, 0.1) is 35.5 Å². The first kappa shape index (κ1) is 34.5. The van der Waals surface area contributed by atoms with Crippen molar-refractivity contribution in [3.63, 3.8) is 0 Å². The summed E-state index contributed by atoms with van der Waals surface area (Å²) in [6.45, 7) is 5.32. The molecule has 0 aliphatic heterocycles. The number of carbonyl (C=O) groups is 1. The standard InChI is InChI=1S/C23H19ClF3NO3.C14H15N3/c1-22(2)17(12-19(24)23(25,26)27)20(22)21(29)31-18(13-28)14-7-6-10-16(11-14)30-15-8-4-3-5-9-15;1-10-9-13(11-7-8-11)17-14(15-10)16-12-5-3-2-4-6-12/h3-12,17-18,20H,1-2H3;2-6,9,11H,7-8H2,1H3,(H,15,16,17)/b19-12-;/t17-,18?,20-;/m0./s1. The molecular formula is C37H34ClF3N4O3. The third kappa shape index (κ3) is 8.92. The molecule has 2 saturated carbocycles. The predicted molar refractivity (Wildman–Crippen MR) is 177 cm³/mol. The fraction of sp³-hybridized carbons (Fsp3) is 0.297. The van der Waals surface area contributed by atoms with Gasteiger partial charge in [0.1, 0.15) is 22.6 Å². The zero-order valence-electron chi connectivity index (χ0n) is 26.5. The van der Waals surface area contributed by atoms with Crippen molar-refractivity contribution in [3.8, 4) is 17.6 Å². The van der Waals surface area contributed by atoms with Gasteiger partial charge in [0.15, 0.2) is 0 Å². The highest BCUT2D eigenvalue weighted by Gasteiger charge is 2.62. The molecule has 7 nitrogen and oxygen atoms in total. The van der Waals surface area contributed by atoms with Crippen molar-refractivity contribution < 1.29 is 27.4 Å². The molecule has 3 atom stereocenters. The molecule has 0 spiro atoms. The van der Waals surface area contributed by atoms with Crippen LogP contribution in [0.1, 0.15) is 55.7 Å². The highest BCUT2D eigenvalue weighted by molar-refractivity contribution is 6.30. The van der Waals surface area contributed by atoms with E-state index in [1.54, 1.807) is 50.2 Å². The van der Waals surface area contributed by atoms with Crippen molar-refractivity contribution >= 4 is 29.2 Å². The van der Waals surface area contributed by atoms with Crippen molar-refractivity contribution in [3.05, 3.63) is 119 Å². The first-order chi connectivity index (χ1) is 22.8. The molecule has 48 heavy (non-hydrogen) atoms.